The van der Waals surface area contributed by atoms with Crippen molar-refractivity contribution in [2.75, 3.05) is 0 Å². The van der Waals surface area contributed by atoms with Crippen LogP contribution in [0.3, 0.4) is 0 Å². The zero-order valence-corrected chi connectivity index (χ0v) is 9.01. The van der Waals surface area contributed by atoms with Gasteiger partial charge in [0, 0.05) is 6.20 Å². The highest BCUT2D eigenvalue weighted by Gasteiger charge is 2.17. The molecule has 0 bridgehead atoms. The molecule has 2 rings (SSSR count). The molecule has 1 N–H and O–H groups in total. The number of aromatic nitrogens is 4. The van der Waals surface area contributed by atoms with Crippen LogP contribution in [0.1, 0.15) is 16.2 Å². The maximum atomic E-state index is 10.8. The van der Waals surface area contributed by atoms with E-state index in [0.717, 1.165) is 0 Å². The molecule has 0 aliphatic heterocycles. The molecule has 0 aliphatic carbocycles. The fourth-order valence-corrected chi connectivity index (χ4v) is 1.49. The normalized spacial score (nSPS) is 10.4. The lowest BCUT2D eigenvalue weighted by Crippen LogP contribution is -2.03. The van der Waals surface area contributed by atoms with Gasteiger partial charge < -0.3 is 5.11 Å². The molecule has 2 heterocycles. The highest BCUT2D eigenvalue weighted by atomic mass is 35.5. The van der Waals surface area contributed by atoms with Crippen molar-refractivity contribution >= 4 is 17.6 Å². The number of aromatic carboxylic acids is 1. The Bertz CT molecular complexity index is 552. The molecule has 16 heavy (non-hydrogen) atoms. The minimum absolute atomic E-state index is 0.0973. The number of halogens is 1. The monoisotopic (exact) mass is 238 g/mol. The summed E-state index contributed by atoms with van der Waals surface area (Å²) in [5, 5.41) is 16.4. The third-order valence-corrected chi connectivity index (χ3v) is 2.36. The zero-order valence-electron chi connectivity index (χ0n) is 8.25. The van der Waals surface area contributed by atoms with Crippen LogP contribution in [0.4, 0.5) is 0 Å². The average molecular weight is 239 g/mol. The molecule has 0 aromatic carbocycles. The van der Waals surface area contributed by atoms with Crippen LogP contribution in [0.5, 0.6) is 0 Å². The second-order valence-electron chi connectivity index (χ2n) is 3.05. The number of rotatable bonds is 2. The molecule has 0 atom stereocenters. The van der Waals surface area contributed by atoms with Crippen LogP contribution in [0.25, 0.3) is 5.69 Å². The van der Waals surface area contributed by atoms with E-state index >= 15 is 0 Å². The van der Waals surface area contributed by atoms with E-state index in [9.17, 15) is 4.79 Å². The molecule has 0 amide bonds. The van der Waals surface area contributed by atoms with Gasteiger partial charge in [0.2, 0.25) is 0 Å². The highest BCUT2D eigenvalue weighted by molar-refractivity contribution is 6.31. The van der Waals surface area contributed by atoms with Crippen molar-refractivity contribution in [2.45, 2.75) is 6.92 Å². The van der Waals surface area contributed by atoms with Crippen molar-refractivity contribution in [3.05, 3.63) is 34.9 Å². The molecule has 0 unspecified atom stereocenters. The third-order valence-electron chi connectivity index (χ3n) is 2.06. The van der Waals surface area contributed by atoms with E-state index in [-0.39, 0.29) is 10.8 Å². The van der Waals surface area contributed by atoms with Gasteiger partial charge in [-0.15, -0.1) is 5.10 Å². The minimum atomic E-state index is -1.12. The predicted octanol–water partition coefficient (Wildman–Crippen LogP) is 1.32. The van der Waals surface area contributed by atoms with E-state index in [1.807, 2.05) is 0 Å². The van der Waals surface area contributed by atoms with Crippen LogP contribution in [0.2, 0.25) is 5.15 Å². The maximum absolute atomic E-state index is 10.8. The Labute approximate surface area is 95.5 Å². The first-order valence-electron chi connectivity index (χ1n) is 4.37. The maximum Gasteiger partial charge on any atom is 0.358 e. The van der Waals surface area contributed by atoms with E-state index < -0.39 is 5.97 Å². The molecule has 2 aromatic heterocycles. The second kappa shape index (κ2) is 3.90. The lowest BCUT2D eigenvalue weighted by molar-refractivity contribution is 0.0689. The summed E-state index contributed by atoms with van der Waals surface area (Å²) in [6.45, 7) is 1.60. The van der Waals surface area contributed by atoms with Gasteiger partial charge in [-0.2, -0.15) is 0 Å². The van der Waals surface area contributed by atoms with E-state index in [4.69, 9.17) is 16.7 Å². The number of hydrogen-bond acceptors (Lipinski definition) is 4. The Morgan fingerprint density at radius 1 is 1.56 bits per heavy atom. The van der Waals surface area contributed by atoms with Gasteiger partial charge in [0.25, 0.3) is 0 Å². The van der Waals surface area contributed by atoms with Gasteiger partial charge in [0.1, 0.15) is 5.69 Å². The Morgan fingerprint density at radius 3 is 2.88 bits per heavy atom. The molecular weight excluding hydrogens is 232 g/mol. The van der Waals surface area contributed by atoms with Crippen LogP contribution in [-0.2, 0) is 0 Å². The fraction of sp³-hybridized carbons (Fsp3) is 0.111. The molecule has 0 radical (unpaired) electrons. The summed E-state index contributed by atoms with van der Waals surface area (Å²) in [5.74, 6) is -1.12. The number of nitrogens with zero attached hydrogens (tertiary/aromatic N) is 4. The third kappa shape index (κ3) is 1.63. The van der Waals surface area contributed by atoms with Crippen molar-refractivity contribution < 1.29 is 9.90 Å². The van der Waals surface area contributed by atoms with Crippen LogP contribution in [0.15, 0.2) is 18.3 Å². The van der Waals surface area contributed by atoms with Crippen LogP contribution < -0.4 is 0 Å². The first-order chi connectivity index (χ1) is 7.61. The number of pyridine rings is 1. The van der Waals surface area contributed by atoms with E-state index in [2.05, 4.69) is 15.3 Å². The summed E-state index contributed by atoms with van der Waals surface area (Å²) >= 11 is 5.87. The minimum Gasteiger partial charge on any atom is -0.476 e. The zero-order chi connectivity index (χ0) is 11.7. The van der Waals surface area contributed by atoms with Gasteiger partial charge in [0.05, 0.1) is 5.69 Å². The molecule has 0 fully saturated rings. The first-order valence-corrected chi connectivity index (χ1v) is 4.75. The summed E-state index contributed by atoms with van der Waals surface area (Å²) in [5.41, 5.74) is 0.809. The molecule has 0 saturated heterocycles. The van der Waals surface area contributed by atoms with Crippen LogP contribution in [0, 0.1) is 6.92 Å². The topological polar surface area (TPSA) is 80.9 Å². The largest absolute Gasteiger partial charge is 0.476 e. The smallest absolute Gasteiger partial charge is 0.358 e. The van der Waals surface area contributed by atoms with Crippen molar-refractivity contribution in [1.29, 1.82) is 0 Å². The lowest BCUT2D eigenvalue weighted by atomic mass is 10.3. The van der Waals surface area contributed by atoms with E-state index in [1.165, 1.54) is 10.9 Å². The SMILES string of the molecule is Cc1c(C(=O)O)nnn1-c1cccnc1Cl. The predicted molar refractivity (Wildman–Crippen MR) is 55.9 cm³/mol. The molecule has 2 aromatic rings. The number of hydrogen-bond donors (Lipinski definition) is 1. The summed E-state index contributed by atoms with van der Waals surface area (Å²) in [7, 11) is 0. The average Bonchev–Trinajstić information content (AvgIpc) is 2.61. The Morgan fingerprint density at radius 2 is 2.31 bits per heavy atom. The van der Waals surface area contributed by atoms with Gasteiger partial charge in [-0.1, -0.05) is 16.8 Å². The summed E-state index contributed by atoms with van der Waals surface area (Å²) < 4.78 is 1.35. The quantitative estimate of drug-likeness (QED) is 0.798. The van der Waals surface area contributed by atoms with Crippen molar-refractivity contribution in [1.82, 2.24) is 20.0 Å². The Hall–Kier alpha value is -1.95. The molecule has 0 saturated carbocycles. The summed E-state index contributed by atoms with van der Waals surface area (Å²) in [4.78, 5) is 14.7. The first kappa shape index (κ1) is 10.6. The number of carbonyl (C=O) groups is 1. The summed E-state index contributed by atoms with van der Waals surface area (Å²) in [6.07, 6.45) is 1.54. The van der Waals surface area contributed by atoms with Gasteiger partial charge in [-0.3, -0.25) is 0 Å². The Balaban J connectivity index is 2.58. The van der Waals surface area contributed by atoms with Crippen LogP contribution >= 0.6 is 11.6 Å². The molecule has 6 nitrogen and oxygen atoms in total. The van der Waals surface area contributed by atoms with Gasteiger partial charge >= 0.3 is 5.97 Å². The Kier molecular flexibility index (Phi) is 2.57. The fourth-order valence-electron chi connectivity index (χ4n) is 1.29. The van der Waals surface area contributed by atoms with Crippen molar-refractivity contribution in [2.24, 2.45) is 0 Å². The van der Waals surface area contributed by atoms with Crippen LogP contribution in [-0.4, -0.2) is 31.1 Å². The highest BCUT2D eigenvalue weighted by Crippen LogP contribution is 2.18. The van der Waals surface area contributed by atoms with E-state index in [0.29, 0.717) is 11.4 Å². The second-order valence-corrected chi connectivity index (χ2v) is 3.41. The number of carboxylic acids is 1. The molecule has 0 aliphatic rings. The molecular formula is C9H7ClN4O2. The lowest BCUT2D eigenvalue weighted by Gasteiger charge is -2.03. The summed E-state index contributed by atoms with van der Waals surface area (Å²) in [6, 6.07) is 3.37. The molecule has 7 heteroatoms. The van der Waals surface area contributed by atoms with Gasteiger partial charge in [0.15, 0.2) is 10.8 Å². The van der Waals surface area contributed by atoms with Gasteiger partial charge in [-0.05, 0) is 19.1 Å². The number of carboxylic acid groups (broad SMARTS) is 1. The molecule has 82 valence electrons. The standard InChI is InChI=1S/C9H7ClN4O2/c1-5-7(9(15)16)12-13-14(5)6-3-2-4-11-8(6)10/h2-4H,1H3,(H,15,16). The van der Waals surface area contributed by atoms with Gasteiger partial charge in [-0.25, -0.2) is 14.5 Å². The van der Waals surface area contributed by atoms with Crippen molar-refractivity contribution in [3.8, 4) is 5.69 Å². The van der Waals surface area contributed by atoms with Crippen molar-refractivity contribution in [3.63, 3.8) is 0 Å². The molecule has 0 spiro atoms. The van der Waals surface area contributed by atoms with E-state index in [1.54, 1.807) is 19.1 Å².